The van der Waals surface area contributed by atoms with Crippen LogP contribution in [0.3, 0.4) is 0 Å². The van der Waals surface area contributed by atoms with Crippen molar-refractivity contribution in [3.05, 3.63) is 45.2 Å². The van der Waals surface area contributed by atoms with E-state index in [-0.39, 0.29) is 12.3 Å². The first-order chi connectivity index (χ1) is 12.5. The highest BCUT2D eigenvalue weighted by molar-refractivity contribution is 6.32. The Hall–Kier alpha value is -2.51. The first kappa shape index (κ1) is 18.3. The van der Waals surface area contributed by atoms with E-state index in [4.69, 9.17) is 25.8 Å². The molecule has 0 N–H and O–H groups in total. The molecule has 3 rings (SSSR count). The molecular weight excluding hydrogens is 362 g/mol. The van der Waals surface area contributed by atoms with Gasteiger partial charge < -0.3 is 23.5 Å². The van der Waals surface area contributed by atoms with Gasteiger partial charge in [-0.2, -0.15) is 0 Å². The lowest BCUT2D eigenvalue weighted by Gasteiger charge is -2.24. The Morgan fingerprint density at radius 3 is 2.81 bits per heavy atom. The second-order valence-electron chi connectivity index (χ2n) is 5.65. The third kappa shape index (κ3) is 3.54. The number of pyridine rings is 1. The molecule has 0 fully saturated rings. The van der Waals surface area contributed by atoms with E-state index in [0.29, 0.717) is 41.0 Å². The van der Waals surface area contributed by atoms with Gasteiger partial charge in [0.05, 0.1) is 24.4 Å². The maximum absolute atomic E-state index is 12.2. The van der Waals surface area contributed by atoms with Gasteiger partial charge in [0.2, 0.25) is 0 Å². The summed E-state index contributed by atoms with van der Waals surface area (Å²) in [5.74, 6) is 0.374. The van der Waals surface area contributed by atoms with E-state index in [2.05, 4.69) is 4.74 Å². The molecule has 138 valence electrons. The maximum Gasteiger partial charge on any atom is 0.343 e. The first-order valence-electron chi connectivity index (χ1n) is 7.96. The fraction of sp³-hybridized carbons (Fsp3) is 0.333. The molecule has 0 spiro atoms. The molecule has 2 aromatic rings. The van der Waals surface area contributed by atoms with Crippen molar-refractivity contribution in [1.29, 1.82) is 0 Å². The summed E-state index contributed by atoms with van der Waals surface area (Å²) < 4.78 is 22.7. The van der Waals surface area contributed by atoms with Gasteiger partial charge >= 0.3 is 5.97 Å². The van der Waals surface area contributed by atoms with Crippen molar-refractivity contribution in [2.45, 2.75) is 13.2 Å². The summed E-state index contributed by atoms with van der Waals surface area (Å²) in [5, 5.41) is 0.405. The molecule has 1 aromatic heterocycles. The average molecular weight is 380 g/mol. The van der Waals surface area contributed by atoms with E-state index < -0.39 is 11.4 Å². The molecular formula is C18H18ClNO6. The van der Waals surface area contributed by atoms with E-state index in [1.54, 1.807) is 23.8 Å². The normalized spacial score (nSPS) is 12.0. The average Bonchev–Trinajstić information content (AvgIpc) is 2.64. The zero-order chi connectivity index (χ0) is 18.7. The van der Waals surface area contributed by atoms with Gasteiger partial charge in [-0.05, 0) is 6.07 Å². The predicted octanol–water partition coefficient (Wildman–Crippen LogP) is 2.72. The summed E-state index contributed by atoms with van der Waals surface area (Å²) in [7, 11) is 2.86. The second-order valence-corrected chi connectivity index (χ2v) is 6.05. The van der Waals surface area contributed by atoms with Crippen LogP contribution in [0.2, 0.25) is 5.02 Å². The maximum atomic E-state index is 12.2. The number of fused-ring (bicyclic) bond motifs is 3. The number of ether oxygens (including phenoxy) is 4. The third-order valence-electron chi connectivity index (χ3n) is 3.95. The number of carbonyl (C=O) groups excluding carboxylic acids is 1. The predicted molar refractivity (Wildman–Crippen MR) is 95.1 cm³/mol. The van der Waals surface area contributed by atoms with Crippen LogP contribution in [0, 0.1) is 0 Å². The minimum atomic E-state index is -0.686. The number of halogens is 1. The standard InChI is InChI=1S/C18H18ClNO6/c1-23-4-3-5-25-17-8-16-11(6-13(17)19)14-7-15(21)12(18(22)24-2)9-20(14)10-26-16/h6-9H,3-5,10H2,1-2H3. The molecule has 0 radical (unpaired) electrons. The molecule has 1 aliphatic heterocycles. The number of esters is 1. The van der Waals surface area contributed by atoms with Crippen LogP contribution >= 0.6 is 11.6 Å². The lowest BCUT2D eigenvalue weighted by Crippen LogP contribution is -2.23. The summed E-state index contributed by atoms with van der Waals surface area (Å²) in [4.78, 5) is 23.9. The minimum absolute atomic E-state index is 0.0486. The largest absolute Gasteiger partial charge is 0.492 e. The van der Waals surface area contributed by atoms with Gasteiger partial charge in [-0.3, -0.25) is 4.79 Å². The zero-order valence-electron chi connectivity index (χ0n) is 14.4. The highest BCUT2D eigenvalue weighted by Crippen LogP contribution is 2.40. The van der Waals surface area contributed by atoms with Crippen molar-refractivity contribution in [2.75, 3.05) is 27.4 Å². The number of hydrogen-bond acceptors (Lipinski definition) is 6. The van der Waals surface area contributed by atoms with Crippen molar-refractivity contribution in [3.63, 3.8) is 0 Å². The van der Waals surface area contributed by atoms with Crippen LogP contribution in [-0.4, -0.2) is 38.0 Å². The Bertz CT molecular complexity index is 892. The molecule has 0 saturated carbocycles. The molecule has 8 heteroatoms. The minimum Gasteiger partial charge on any atom is -0.492 e. The van der Waals surface area contributed by atoms with Gasteiger partial charge in [-0.1, -0.05) is 11.6 Å². The van der Waals surface area contributed by atoms with Crippen LogP contribution in [0.4, 0.5) is 0 Å². The number of rotatable bonds is 6. The summed E-state index contributed by atoms with van der Waals surface area (Å²) in [6, 6.07) is 4.76. The summed E-state index contributed by atoms with van der Waals surface area (Å²) in [6.07, 6.45) is 2.16. The number of aromatic nitrogens is 1. The van der Waals surface area contributed by atoms with E-state index in [9.17, 15) is 9.59 Å². The van der Waals surface area contributed by atoms with Gasteiger partial charge in [0.25, 0.3) is 0 Å². The molecule has 0 amide bonds. The molecule has 7 nitrogen and oxygen atoms in total. The number of nitrogens with zero attached hydrogens (tertiary/aromatic N) is 1. The zero-order valence-corrected chi connectivity index (χ0v) is 15.2. The fourth-order valence-corrected chi connectivity index (χ4v) is 2.88. The smallest absolute Gasteiger partial charge is 0.343 e. The number of benzene rings is 1. The molecule has 2 heterocycles. The van der Waals surface area contributed by atoms with Gasteiger partial charge in [0.1, 0.15) is 17.1 Å². The Morgan fingerprint density at radius 1 is 1.27 bits per heavy atom. The lowest BCUT2D eigenvalue weighted by molar-refractivity contribution is 0.0597. The van der Waals surface area contributed by atoms with Crippen LogP contribution in [0.5, 0.6) is 11.5 Å². The van der Waals surface area contributed by atoms with Gasteiger partial charge in [-0.15, -0.1) is 0 Å². The third-order valence-corrected chi connectivity index (χ3v) is 4.25. The topological polar surface area (TPSA) is 76.0 Å². The molecule has 0 atom stereocenters. The first-order valence-corrected chi connectivity index (χ1v) is 8.34. The molecule has 0 saturated heterocycles. The Balaban J connectivity index is 1.94. The number of methoxy groups -OCH3 is 2. The van der Waals surface area contributed by atoms with Crippen molar-refractivity contribution in [1.82, 2.24) is 4.57 Å². The summed E-state index contributed by atoms with van der Waals surface area (Å²) in [5.41, 5.74) is 0.787. The molecule has 0 aliphatic carbocycles. The molecule has 1 aliphatic rings. The monoisotopic (exact) mass is 379 g/mol. The van der Waals surface area contributed by atoms with Crippen LogP contribution in [0.25, 0.3) is 11.3 Å². The molecule has 0 unspecified atom stereocenters. The SMILES string of the molecule is COCCCOc1cc2c(cc1Cl)-c1cc(=O)c(C(=O)OC)cn1CO2. The van der Waals surface area contributed by atoms with Crippen molar-refractivity contribution in [2.24, 2.45) is 0 Å². The molecule has 26 heavy (non-hydrogen) atoms. The highest BCUT2D eigenvalue weighted by atomic mass is 35.5. The molecule has 1 aromatic carbocycles. The summed E-state index contributed by atoms with van der Waals surface area (Å²) >= 11 is 6.31. The Labute approximate surface area is 155 Å². The van der Waals surface area contributed by atoms with Crippen molar-refractivity contribution < 1.29 is 23.7 Å². The highest BCUT2D eigenvalue weighted by Gasteiger charge is 2.22. The van der Waals surface area contributed by atoms with Crippen molar-refractivity contribution >= 4 is 17.6 Å². The lowest BCUT2D eigenvalue weighted by atomic mass is 10.1. The molecule has 0 bridgehead atoms. The van der Waals surface area contributed by atoms with E-state index >= 15 is 0 Å². The number of carbonyl (C=O) groups is 1. The van der Waals surface area contributed by atoms with Gasteiger partial charge in [-0.25, -0.2) is 4.79 Å². The van der Waals surface area contributed by atoms with Crippen LogP contribution < -0.4 is 14.9 Å². The van der Waals surface area contributed by atoms with Gasteiger partial charge in [0, 0.05) is 44.0 Å². The van der Waals surface area contributed by atoms with E-state index in [0.717, 1.165) is 6.42 Å². The van der Waals surface area contributed by atoms with E-state index in [1.165, 1.54) is 19.4 Å². The van der Waals surface area contributed by atoms with Gasteiger partial charge in [0.15, 0.2) is 12.2 Å². The van der Waals surface area contributed by atoms with Crippen LogP contribution in [0.15, 0.2) is 29.2 Å². The van der Waals surface area contributed by atoms with E-state index in [1.807, 2.05) is 0 Å². The second kappa shape index (κ2) is 7.80. The van der Waals surface area contributed by atoms with Crippen LogP contribution in [0.1, 0.15) is 16.8 Å². The van der Waals surface area contributed by atoms with Crippen molar-refractivity contribution in [3.8, 4) is 22.8 Å². The number of hydrogen-bond donors (Lipinski definition) is 0. The van der Waals surface area contributed by atoms with Crippen LogP contribution in [-0.2, 0) is 16.2 Å². The quantitative estimate of drug-likeness (QED) is 0.567. The summed E-state index contributed by atoms with van der Waals surface area (Å²) in [6.45, 7) is 1.21. The fourth-order valence-electron chi connectivity index (χ4n) is 2.67. The Morgan fingerprint density at radius 2 is 2.08 bits per heavy atom. The Kier molecular flexibility index (Phi) is 5.49.